The van der Waals surface area contributed by atoms with Crippen molar-refractivity contribution in [3.8, 4) is 0 Å². The molecule has 90 valence electrons. The minimum absolute atomic E-state index is 0.0347. The maximum absolute atomic E-state index is 11.9. The molecule has 0 aromatic heterocycles. The van der Waals surface area contributed by atoms with Gasteiger partial charge in [0.1, 0.15) is 0 Å². The second-order valence-corrected chi connectivity index (χ2v) is 5.99. The van der Waals surface area contributed by atoms with Crippen molar-refractivity contribution in [2.75, 3.05) is 44.6 Å². The Morgan fingerprint density at radius 2 is 2.33 bits per heavy atom. The molecule has 0 spiro atoms. The summed E-state index contributed by atoms with van der Waals surface area (Å²) in [7, 11) is -1.71. The van der Waals surface area contributed by atoms with Gasteiger partial charge in [-0.15, -0.1) is 0 Å². The highest BCUT2D eigenvalue weighted by Gasteiger charge is 2.31. The molecule has 15 heavy (non-hydrogen) atoms. The second kappa shape index (κ2) is 6.15. The Labute approximate surface area is 98.9 Å². The lowest BCUT2D eigenvalue weighted by Gasteiger charge is -2.33. The van der Waals surface area contributed by atoms with Crippen molar-refractivity contribution in [1.82, 2.24) is 4.31 Å². The topological polar surface area (TPSA) is 55.8 Å². The molecular formula is C8H16BrNO4S. The van der Waals surface area contributed by atoms with Gasteiger partial charge in [0.15, 0.2) is 0 Å². The van der Waals surface area contributed by atoms with Gasteiger partial charge >= 0.3 is 0 Å². The third-order valence-corrected chi connectivity index (χ3v) is 4.88. The van der Waals surface area contributed by atoms with Gasteiger partial charge in [0.05, 0.1) is 31.6 Å². The van der Waals surface area contributed by atoms with Crippen LogP contribution >= 0.6 is 15.9 Å². The number of rotatable bonds is 5. The maximum Gasteiger partial charge on any atom is 0.216 e. The summed E-state index contributed by atoms with van der Waals surface area (Å²) < 4.78 is 35.3. The molecule has 1 atom stereocenters. The van der Waals surface area contributed by atoms with E-state index >= 15 is 0 Å². The summed E-state index contributed by atoms with van der Waals surface area (Å²) in [6.07, 6.45) is 0. The summed E-state index contributed by atoms with van der Waals surface area (Å²) >= 11 is 3.29. The zero-order valence-corrected chi connectivity index (χ0v) is 11.1. The van der Waals surface area contributed by atoms with Crippen molar-refractivity contribution in [3.63, 3.8) is 0 Å². The first kappa shape index (κ1) is 13.4. The van der Waals surface area contributed by atoms with Crippen LogP contribution in [0, 0.1) is 0 Å². The number of halogens is 1. The Morgan fingerprint density at radius 3 is 2.93 bits per heavy atom. The van der Waals surface area contributed by atoms with Crippen molar-refractivity contribution in [1.29, 1.82) is 0 Å². The van der Waals surface area contributed by atoms with Crippen molar-refractivity contribution in [3.05, 3.63) is 0 Å². The molecule has 0 aromatic carbocycles. The molecule has 0 saturated carbocycles. The van der Waals surface area contributed by atoms with E-state index in [9.17, 15) is 8.42 Å². The van der Waals surface area contributed by atoms with Crippen LogP contribution in [0.15, 0.2) is 0 Å². The summed E-state index contributed by atoms with van der Waals surface area (Å²) in [5.41, 5.74) is 0. The smallest absolute Gasteiger partial charge is 0.216 e. The fourth-order valence-corrected chi connectivity index (χ4v) is 3.72. The van der Waals surface area contributed by atoms with E-state index in [0.29, 0.717) is 25.1 Å². The number of methoxy groups -OCH3 is 1. The van der Waals surface area contributed by atoms with Gasteiger partial charge in [0.2, 0.25) is 10.0 Å². The number of alkyl halides is 1. The Morgan fingerprint density at radius 1 is 1.60 bits per heavy atom. The molecule has 5 nitrogen and oxygen atoms in total. The van der Waals surface area contributed by atoms with E-state index in [1.165, 1.54) is 11.4 Å². The van der Waals surface area contributed by atoms with E-state index in [1.54, 1.807) is 0 Å². The van der Waals surface area contributed by atoms with Crippen LogP contribution in [0.1, 0.15) is 0 Å². The van der Waals surface area contributed by atoms with Crippen LogP contribution in [0.5, 0.6) is 0 Å². The quantitative estimate of drug-likeness (QED) is 0.674. The highest BCUT2D eigenvalue weighted by molar-refractivity contribution is 9.09. The van der Waals surface area contributed by atoms with Crippen LogP contribution in [0.3, 0.4) is 0 Å². The van der Waals surface area contributed by atoms with Crippen LogP contribution in [-0.4, -0.2) is 63.3 Å². The lowest BCUT2D eigenvalue weighted by atomic mass is 10.3. The average molecular weight is 302 g/mol. The SMILES string of the molecule is COCCS(=O)(=O)N1CCOCC1CBr. The van der Waals surface area contributed by atoms with E-state index < -0.39 is 10.0 Å². The molecule has 0 aromatic rings. The molecule has 1 saturated heterocycles. The first-order chi connectivity index (χ1) is 7.11. The van der Waals surface area contributed by atoms with Gasteiger partial charge in [-0.05, 0) is 0 Å². The van der Waals surface area contributed by atoms with Gasteiger partial charge < -0.3 is 9.47 Å². The molecule has 1 unspecified atom stereocenters. The fourth-order valence-electron chi connectivity index (χ4n) is 1.43. The summed E-state index contributed by atoms with van der Waals surface area (Å²) in [6.45, 7) is 1.59. The summed E-state index contributed by atoms with van der Waals surface area (Å²) in [4.78, 5) is 0. The van der Waals surface area contributed by atoms with Crippen LogP contribution < -0.4 is 0 Å². The molecule has 0 aliphatic carbocycles. The molecule has 1 aliphatic heterocycles. The standard InChI is InChI=1S/C8H16BrNO4S/c1-13-4-5-15(11,12)10-2-3-14-7-8(10)6-9/h8H,2-7H2,1H3. The molecule has 0 bridgehead atoms. The Bertz CT molecular complexity index is 282. The zero-order valence-electron chi connectivity index (χ0n) is 8.69. The van der Waals surface area contributed by atoms with Gasteiger partial charge in [0, 0.05) is 19.0 Å². The van der Waals surface area contributed by atoms with E-state index in [4.69, 9.17) is 9.47 Å². The Balaban J connectivity index is 2.65. The predicted molar refractivity (Wildman–Crippen MR) is 60.8 cm³/mol. The highest BCUT2D eigenvalue weighted by atomic mass is 79.9. The normalized spacial score (nSPS) is 24.3. The maximum atomic E-state index is 11.9. The number of nitrogens with zero attached hydrogens (tertiary/aromatic N) is 1. The Kier molecular flexibility index (Phi) is 5.48. The van der Waals surface area contributed by atoms with Gasteiger partial charge in [-0.25, -0.2) is 8.42 Å². The summed E-state index contributed by atoms with van der Waals surface area (Å²) in [5.74, 6) is 0.0347. The second-order valence-electron chi connectivity index (χ2n) is 3.30. The van der Waals surface area contributed by atoms with Crippen LogP contribution in [0.2, 0.25) is 0 Å². The lowest BCUT2D eigenvalue weighted by Crippen LogP contribution is -2.50. The monoisotopic (exact) mass is 301 g/mol. The summed E-state index contributed by atoms with van der Waals surface area (Å²) in [5, 5.41) is 0.596. The minimum Gasteiger partial charge on any atom is -0.384 e. The molecule has 1 heterocycles. The van der Waals surface area contributed by atoms with E-state index in [2.05, 4.69) is 15.9 Å². The number of hydrogen-bond donors (Lipinski definition) is 0. The number of sulfonamides is 1. The first-order valence-electron chi connectivity index (χ1n) is 4.74. The van der Waals surface area contributed by atoms with Crippen molar-refractivity contribution < 1.29 is 17.9 Å². The number of ether oxygens (including phenoxy) is 2. The molecule has 0 radical (unpaired) electrons. The number of morpholine rings is 1. The highest BCUT2D eigenvalue weighted by Crippen LogP contribution is 2.14. The van der Waals surface area contributed by atoms with Gasteiger partial charge in [0.25, 0.3) is 0 Å². The average Bonchev–Trinajstić information content (AvgIpc) is 2.26. The summed E-state index contributed by atoms with van der Waals surface area (Å²) in [6, 6.07) is -0.0967. The van der Waals surface area contributed by atoms with Crippen LogP contribution in [0.4, 0.5) is 0 Å². The predicted octanol–water partition coefficient (Wildman–Crippen LogP) is 0.0583. The molecule has 1 rings (SSSR count). The molecule has 1 aliphatic rings. The van der Waals surface area contributed by atoms with E-state index in [-0.39, 0.29) is 18.4 Å². The Hall–Kier alpha value is 0.310. The molecule has 1 fully saturated rings. The molecule has 0 amide bonds. The van der Waals surface area contributed by atoms with Gasteiger partial charge in [-0.3, -0.25) is 0 Å². The molecule has 7 heteroatoms. The third kappa shape index (κ3) is 3.67. The van der Waals surface area contributed by atoms with E-state index in [0.717, 1.165) is 0 Å². The zero-order chi connectivity index (χ0) is 11.3. The van der Waals surface area contributed by atoms with Crippen molar-refractivity contribution >= 4 is 26.0 Å². The lowest BCUT2D eigenvalue weighted by molar-refractivity contribution is 0.0410. The minimum atomic E-state index is -3.21. The van der Waals surface area contributed by atoms with E-state index in [1.807, 2.05) is 0 Å². The third-order valence-electron chi connectivity index (χ3n) is 2.25. The fraction of sp³-hybridized carbons (Fsp3) is 1.00. The first-order valence-corrected chi connectivity index (χ1v) is 7.47. The van der Waals surface area contributed by atoms with Crippen LogP contribution in [-0.2, 0) is 19.5 Å². The number of hydrogen-bond acceptors (Lipinski definition) is 4. The molecule has 0 N–H and O–H groups in total. The molecular weight excluding hydrogens is 286 g/mol. The van der Waals surface area contributed by atoms with Crippen molar-refractivity contribution in [2.24, 2.45) is 0 Å². The van der Waals surface area contributed by atoms with Gasteiger partial charge in [-0.1, -0.05) is 15.9 Å². The largest absolute Gasteiger partial charge is 0.384 e. The van der Waals surface area contributed by atoms with Crippen LogP contribution in [0.25, 0.3) is 0 Å². The van der Waals surface area contributed by atoms with Gasteiger partial charge in [-0.2, -0.15) is 4.31 Å². The van der Waals surface area contributed by atoms with Crippen molar-refractivity contribution in [2.45, 2.75) is 6.04 Å².